The number of rotatable bonds is 2. The Bertz CT molecular complexity index is 168. The molecule has 0 saturated carbocycles. The molecule has 1 heterocycles. The zero-order valence-corrected chi connectivity index (χ0v) is 14.0. The summed E-state index contributed by atoms with van der Waals surface area (Å²) in [6.07, 6.45) is 5.67. The van der Waals surface area contributed by atoms with Gasteiger partial charge in [-0.25, -0.2) is 0 Å². The molecule has 0 unspecified atom stereocenters. The summed E-state index contributed by atoms with van der Waals surface area (Å²) in [7, 11) is 0. The van der Waals surface area contributed by atoms with E-state index in [4.69, 9.17) is 0 Å². The summed E-state index contributed by atoms with van der Waals surface area (Å²) in [4.78, 5) is 10.5. The van der Waals surface area contributed by atoms with Crippen molar-refractivity contribution in [3.05, 3.63) is 18.2 Å². The number of hydrogen-bond donors (Lipinski definition) is 0. The van der Waals surface area contributed by atoms with Gasteiger partial charge in [0.1, 0.15) is 0 Å². The first-order chi connectivity index (χ1) is 6.81. The van der Waals surface area contributed by atoms with Gasteiger partial charge in [0, 0.05) is 19.5 Å². The van der Waals surface area contributed by atoms with E-state index in [0.717, 1.165) is 25.9 Å². The number of nitrogens with zero attached hydrogens (tertiary/aromatic N) is 3. The van der Waals surface area contributed by atoms with E-state index in [-0.39, 0.29) is 52.3 Å². The van der Waals surface area contributed by atoms with Crippen LogP contribution in [0.15, 0.2) is 5.10 Å². The summed E-state index contributed by atoms with van der Waals surface area (Å²) in [6.45, 7) is 5.34. The summed E-state index contributed by atoms with van der Waals surface area (Å²) in [5.74, 6) is 0.0995. The normalized spacial score (nSPS) is 13.6. The minimum Gasteiger partial charge on any atom is -0.653 e. The molecule has 0 N–H and O–H groups in total. The van der Waals surface area contributed by atoms with Gasteiger partial charge in [-0.2, -0.15) is 0 Å². The number of carbonyl (C=O) groups is 1. The Morgan fingerprint density at radius 2 is 2.06 bits per heavy atom. The van der Waals surface area contributed by atoms with Crippen molar-refractivity contribution in [3.8, 4) is 0 Å². The fraction of sp³-hybridized carbons (Fsp3) is 0.727. The van der Waals surface area contributed by atoms with Crippen molar-refractivity contribution in [2.24, 2.45) is 5.10 Å². The van der Waals surface area contributed by atoms with Gasteiger partial charge in [-0.1, -0.05) is 19.8 Å². The Morgan fingerprint density at radius 1 is 1.41 bits per heavy atom. The van der Waals surface area contributed by atoms with Crippen molar-refractivity contribution in [2.45, 2.75) is 39.5 Å². The second-order valence-corrected chi connectivity index (χ2v) is 2.92. The molecule has 1 fully saturated rings. The Labute approximate surface area is 131 Å². The molecule has 1 radical (unpaired) electrons. The van der Waals surface area contributed by atoms with Crippen molar-refractivity contribution in [3.63, 3.8) is 0 Å². The van der Waals surface area contributed by atoms with Gasteiger partial charge >= 0.3 is 19.5 Å². The summed E-state index contributed by atoms with van der Waals surface area (Å²) < 4.78 is 0. The maximum absolute atomic E-state index is 10.5. The van der Waals surface area contributed by atoms with Crippen molar-refractivity contribution in [2.75, 3.05) is 13.1 Å². The van der Waals surface area contributed by atoms with Crippen LogP contribution in [0.1, 0.15) is 39.5 Å². The third-order valence-corrected chi connectivity index (χ3v) is 1.68. The molecule has 17 heavy (non-hydrogen) atoms. The van der Waals surface area contributed by atoms with Gasteiger partial charge in [0.05, 0.1) is 5.91 Å². The molecule has 1 amide bonds. The smallest absolute Gasteiger partial charge is 0.653 e. The maximum Gasteiger partial charge on any atom is 3.00 e. The van der Waals surface area contributed by atoms with E-state index in [1.165, 1.54) is 6.42 Å². The average Bonchev–Trinajstić information content (AvgIpc) is 2.44. The summed E-state index contributed by atoms with van der Waals surface area (Å²) >= 11 is 0. The minimum absolute atomic E-state index is 0. The molecule has 0 bridgehead atoms. The average molecular weight is 418 g/mol. The molecule has 1 aliphatic rings. The van der Waals surface area contributed by atoms with Crippen LogP contribution in [-0.4, -0.2) is 25.2 Å². The van der Waals surface area contributed by atoms with Gasteiger partial charge in [-0.15, -0.1) is 13.1 Å². The Hall–Kier alpha value is 0.187. The molecule has 1 saturated heterocycles. The van der Waals surface area contributed by atoms with Crippen LogP contribution in [0.25, 0.3) is 10.7 Å². The van der Waals surface area contributed by atoms with Gasteiger partial charge in [0.2, 0.25) is 0 Å². The van der Waals surface area contributed by atoms with E-state index >= 15 is 0 Å². The molecule has 0 atom stereocenters. The van der Waals surface area contributed by atoms with Gasteiger partial charge in [-0.3, -0.25) is 0 Å². The largest absolute Gasteiger partial charge is 3.00 e. The molecular formula is C11H22N3ORh2. The first-order valence-electron chi connectivity index (χ1n) is 5.16. The molecule has 0 spiro atoms. The van der Waals surface area contributed by atoms with E-state index in [1.54, 1.807) is 6.21 Å². The minimum atomic E-state index is 0. The van der Waals surface area contributed by atoms with Crippen LogP contribution in [0.3, 0.4) is 0 Å². The van der Waals surface area contributed by atoms with Crippen LogP contribution in [-0.2, 0) is 43.8 Å². The summed E-state index contributed by atoms with van der Waals surface area (Å²) in [6, 6.07) is 0. The molecular weight excluding hydrogens is 396 g/mol. The predicted octanol–water partition coefficient (Wildman–Crippen LogP) is 3.29. The van der Waals surface area contributed by atoms with E-state index < -0.39 is 0 Å². The first-order valence-corrected chi connectivity index (χ1v) is 5.16. The number of amides is 1. The monoisotopic (exact) mass is 418 g/mol. The van der Waals surface area contributed by atoms with Crippen molar-refractivity contribution in [1.29, 1.82) is 0 Å². The third kappa shape index (κ3) is 21.9. The molecule has 0 aromatic carbocycles. The van der Waals surface area contributed by atoms with Crippen LogP contribution in [0.2, 0.25) is 0 Å². The topological polar surface area (TPSA) is 57.6 Å². The van der Waals surface area contributed by atoms with E-state index in [0.29, 0.717) is 6.42 Å². The first kappa shape index (κ1) is 25.9. The third-order valence-electron chi connectivity index (χ3n) is 1.68. The van der Waals surface area contributed by atoms with Crippen LogP contribution < -0.4 is 0 Å². The second-order valence-electron chi connectivity index (χ2n) is 2.92. The van der Waals surface area contributed by atoms with Gasteiger partial charge in [0.15, 0.2) is 0 Å². The second kappa shape index (κ2) is 21.5. The SMILES string of the molecule is CC=N[N-]CC.O=C1CCCCC[N-]1.[CH3-].[Rh+3].[Rh]. The van der Waals surface area contributed by atoms with Crippen LogP contribution in [0.5, 0.6) is 0 Å². The van der Waals surface area contributed by atoms with Crippen LogP contribution in [0.4, 0.5) is 0 Å². The fourth-order valence-corrected chi connectivity index (χ4v) is 1.01. The molecule has 0 aromatic heterocycles. The van der Waals surface area contributed by atoms with Gasteiger partial charge in [-0.05, 0) is 26.0 Å². The fourth-order valence-electron chi connectivity index (χ4n) is 1.01. The standard InChI is InChI=1S/C6H11NO.C4H9N2.CH3.2Rh/c8-6-4-2-1-3-5-7-6;1-3-5-6-4-2;;;/h1-5H2,(H,7,8);3H,4H2,1-2H3;1H3;;/q;2*-1;;+3/p-1. The summed E-state index contributed by atoms with van der Waals surface area (Å²) in [5.41, 5.74) is 3.66. The van der Waals surface area contributed by atoms with E-state index in [2.05, 4.69) is 15.8 Å². The van der Waals surface area contributed by atoms with Crippen molar-refractivity contribution < 1.29 is 43.8 Å². The van der Waals surface area contributed by atoms with E-state index in [1.807, 2.05) is 13.8 Å². The molecule has 1 rings (SSSR count). The van der Waals surface area contributed by atoms with Crippen LogP contribution >= 0.6 is 0 Å². The van der Waals surface area contributed by atoms with Crippen LogP contribution in [0, 0.1) is 7.43 Å². The zero-order chi connectivity index (χ0) is 10.6. The Balaban J connectivity index is -0.0000000873. The molecule has 0 aliphatic carbocycles. The Kier molecular flexibility index (Phi) is 32.7. The number of carbonyl (C=O) groups excluding carboxylic acids is 1. The molecule has 0 aromatic rings. The molecule has 105 valence electrons. The summed E-state index contributed by atoms with van der Waals surface area (Å²) in [5, 5.41) is 7.38. The molecule has 1 aliphatic heterocycles. The molecule has 4 nitrogen and oxygen atoms in total. The predicted molar refractivity (Wildman–Crippen MR) is 66.2 cm³/mol. The van der Waals surface area contributed by atoms with Crippen molar-refractivity contribution >= 4 is 12.1 Å². The van der Waals surface area contributed by atoms with Crippen molar-refractivity contribution in [1.82, 2.24) is 0 Å². The van der Waals surface area contributed by atoms with E-state index in [9.17, 15) is 4.79 Å². The zero-order valence-electron chi connectivity index (χ0n) is 10.7. The van der Waals surface area contributed by atoms with Gasteiger partial charge < -0.3 is 28.1 Å². The molecule has 6 heteroatoms. The number of hydrogen-bond acceptors (Lipinski definition) is 2. The maximum atomic E-state index is 10.5. The quantitative estimate of drug-likeness (QED) is 0.294. The van der Waals surface area contributed by atoms with Gasteiger partial charge in [0.25, 0.3) is 0 Å². The Morgan fingerprint density at radius 3 is 2.53 bits per heavy atom.